The van der Waals surface area contributed by atoms with Crippen molar-refractivity contribution in [3.05, 3.63) is 16.1 Å². The molecule has 1 heterocycles. The molecular weight excluding hydrogens is 166 g/mol. The minimum Gasteiger partial charge on any atom is -0.465 e. The first-order valence-electron chi connectivity index (χ1n) is 2.92. The second-order valence-corrected chi connectivity index (χ2v) is 2.88. The first kappa shape index (κ1) is 8.16. The molecule has 0 saturated carbocycles. The predicted octanol–water partition coefficient (Wildman–Crippen LogP) is 0.422. The maximum absolute atomic E-state index is 10.8. The smallest absolute Gasteiger partial charge is 0.349 e. The summed E-state index contributed by atoms with van der Waals surface area (Å²) in [4.78, 5) is 15.0. The van der Waals surface area contributed by atoms with Gasteiger partial charge < -0.3 is 9.84 Å². The Kier molecular flexibility index (Phi) is 2.56. The lowest BCUT2D eigenvalue weighted by Gasteiger charge is -1.90. The Labute approximate surface area is 67.5 Å². The monoisotopic (exact) mass is 173 g/mol. The van der Waals surface area contributed by atoms with E-state index in [4.69, 9.17) is 5.11 Å². The third kappa shape index (κ3) is 1.75. The van der Waals surface area contributed by atoms with Crippen LogP contribution in [0.25, 0.3) is 0 Å². The van der Waals surface area contributed by atoms with Gasteiger partial charge in [0.05, 0.1) is 19.9 Å². The normalized spacial score (nSPS) is 9.64. The van der Waals surface area contributed by atoms with Crippen LogP contribution in [0.5, 0.6) is 0 Å². The first-order valence-corrected chi connectivity index (χ1v) is 3.73. The lowest BCUT2D eigenvalue weighted by molar-refractivity contribution is 0.0606. The van der Waals surface area contributed by atoms with Crippen LogP contribution in [0.3, 0.4) is 0 Å². The van der Waals surface area contributed by atoms with Crippen LogP contribution in [-0.2, 0) is 11.3 Å². The average molecular weight is 173 g/mol. The van der Waals surface area contributed by atoms with E-state index in [1.54, 1.807) is 0 Å². The van der Waals surface area contributed by atoms with Gasteiger partial charge in [0, 0.05) is 0 Å². The molecule has 0 unspecified atom stereocenters. The van der Waals surface area contributed by atoms with Crippen molar-refractivity contribution in [2.24, 2.45) is 0 Å². The number of hydrogen-bond donors (Lipinski definition) is 1. The summed E-state index contributed by atoms with van der Waals surface area (Å²) in [5.41, 5.74) is 0. The lowest BCUT2D eigenvalue weighted by atomic mass is 10.6. The van der Waals surface area contributed by atoms with Crippen LogP contribution in [0.1, 0.15) is 14.7 Å². The highest BCUT2D eigenvalue weighted by Crippen LogP contribution is 2.13. The van der Waals surface area contributed by atoms with Gasteiger partial charge in [-0.05, 0) is 0 Å². The van der Waals surface area contributed by atoms with Crippen molar-refractivity contribution >= 4 is 17.3 Å². The summed E-state index contributed by atoms with van der Waals surface area (Å²) in [6.45, 7) is -0.137. The van der Waals surface area contributed by atoms with E-state index in [1.165, 1.54) is 13.3 Å². The van der Waals surface area contributed by atoms with Crippen molar-refractivity contribution < 1.29 is 14.6 Å². The van der Waals surface area contributed by atoms with Crippen LogP contribution in [0.2, 0.25) is 0 Å². The third-order valence-corrected chi connectivity index (χ3v) is 2.04. The molecule has 0 atom stereocenters. The molecule has 1 aromatic rings. The molecule has 1 aromatic heterocycles. The molecule has 11 heavy (non-hydrogen) atoms. The van der Waals surface area contributed by atoms with Crippen LogP contribution >= 0.6 is 11.3 Å². The van der Waals surface area contributed by atoms with Gasteiger partial charge in [-0.2, -0.15) is 0 Å². The molecule has 0 aromatic carbocycles. The number of rotatable bonds is 2. The largest absolute Gasteiger partial charge is 0.465 e. The van der Waals surface area contributed by atoms with Crippen molar-refractivity contribution in [1.82, 2.24) is 4.98 Å². The Morgan fingerprint density at radius 1 is 1.91 bits per heavy atom. The van der Waals surface area contributed by atoms with E-state index < -0.39 is 5.97 Å². The van der Waals surface area contributed by atoms with Gasteiger partial charge in [0.15, 0.2) is 0 Å². The number of aromatic nitrogens is 1. The second-order valence-electron chi connectivity index (χ2n) is 1.77. The highest BCUT2D eigenvalue weighted by molar-refractivity contribution is 7.13. The van der Waals surface area contributed by atoms with E-state index in [1.807, 2.05) is 0 Å². The van der Waals surface area contributed by atoms with Crippen LogP contribution in [0, 0.1) is 0 Å². The van der Waals surface area contributed by atoms with Gasteiger partial charge in [-0.3, -0.25) is 0 Å². The van der Waals surface area contributed by atoms with Gasteiger partial charge in [0.1, 0.15) is 9.88 Å². The SMILES string of the molecule is COC(=O)c1cnc(CO)s1. The Morgan fingerprint density at radius 3 is 3.09 bits per heavy atom. The number of nitrogens with zero attached hydrogens (tertiary/aromatic N) is 1. The number of esters is 1. The fourth-order valence-corrected chi connectivity index (χ4v) is 1.27. The Bertz CT molecular complexity index is 258. The number of methoxy groups -OCH3 is 1. The second kappa shape index (κ2) is 3.45. The lowest BCUT2D eigenvalue weighted by Crippen LogP contribution is -1.96. The molecule has 4 nitrogen and oxygen atoms in total. The van der Waals surface area contributed by atoms with Gasteiger partial charge in [-0.25, -0.2) is 9.78 Å². The van der Waals surface area contributed by atoms with Gasteiger partial charge in [0.2, 0.25) is 0 Å². The number of ether oxygens (including phenoxy) is 1. The van der Waals surface area contributed by atoms with Crippen molar-refractivity contribution in [3.63, 3.8) is 0 Å². The Hall–Kier alpha value is -0.940. The molecule has 0 fully saturated rings. The molecule has 0 aliphatic heterocycles. The van der Waals surface area contributed by atoms with Gasteiger partial charge >= 0.3 is 5.97 Å². The van der Waals surface area contributed by atoms with Crippen LogP contribution in [0.15, 0.2) is 6.20 Å². The molecule has 0 bridgehead atoms. The standard InChI is InChI=1S/C6H7NO3S/c1-10-6(9)4-2-7-5(3-8)11-4/h2,8H,3H2,1H3. The number of aliphatic hydroxyl groups is 1. The fraction of sp³-hybridized carbons (Fsp3) is 0.333. The highest BCUT2D eigenvalue weighted by atomic mass is 32.1. The number of carbonyl (C=O) groups excluding carboxylic acids is 1. The minimum atomic E-state index is -0.415. The number of hydrogen-bond acceptors (Lipinski definition) is 5. The highest BCUT2D eigenvalue weighted by Gasteiger charge is 2.08. The molecule has 1 N–H and O–H groups in total. The molecule has 1 rings (SSSR count). The number of carbonyl (C=O) groups is 1. The molecule has 0 spiro atoms. The topological polar surface area (TPSA) is 59.4 Å². The van der Waals surface area contributed by atoms with Crippen LogP contribution in [0.4, 0.5) is 0 Å². The molecular formula is C6H7NO3S. The van der Waals surface area contributed by atoms with Gasteiger partial charge in [0.25, 0.3) is 0 Å². The van der Waals surface area contributed by atoms with Gasteiger partial charge in [-0.1, -0.05) is 0 Å². The third-order valence-electron chi connectivity index (χ3n) is 1.08. The molecule has 0 saturated heterocycles. The maximum atomic E-state index is 10.8. The quantitative estimate of drug-likeness (QED) is 0.658. The molecule has 5 heteroatoms. The Balaban J connectivity index is 2.80. The van der Waals surface area contributed by atoms with Crippen LogP contribution < -0.4 is 0 Å². The molecule has 60 valence electrons. The predicted molar refractivity (Wildman–Crippen MR) is 39.4 cm³/mol. The Morgan fingerprint density at radius 2 is 2.64 bits per heavy atom. The fourth-order valence-electron chi connectivity index (χ4n) is 0.578. The summed E-state index contributed by atoms with van der Waals surface area (Å²) >= 11 is 1.13. The summed E-state index contributed by atoms with van der Waals surface area (Å²) in [6.07, 6.45) is 1.39. The summed E-state index contributed by atoms with van der Waals surface area (Å²) in [7, 11) is 1.31. The zero-order valence-electron chi connectivity index (χ0n) is 5.90. The molecule has 0 amide bonds. The zero-order valence-corrected chi connectivity index (χ0v) is 6.72. The van der Waals surface area contributed by atoms with Crippen molar-refractivity contribution in [3.8, 4) is 0 Å². The van der Waals surface area contributed by atoms with Crippen molar-refractivity contribution in [1.29, 1.82) is 0 Å². The van der Waals surface area contributed by atoms with E-state index >= 15 is 0 Å². The van der Waals surface area contributed by atoms with E-state index in [2.05, 4.69) is 9.72 Å². The minimum absolute atomic E-state index is 0.137. The van der Waals surface area contributed by atoms with Crippen LogP contribution in [-0.4, -0.2) is 23.2 Å². The van der Waals surface area contributed by atoms with Crippen molar-refractivity contribution in [2.45, 2.75) is 6.61 Å². The van der Waals surface area contributed by atoms with Gasteiger partial charge in [-0.15, -0.1) is 11.3 Å². The zero-order chi connectivity index (χ0) is 8.27. The van der Waals surface area contributed by atoms with E-state index in [9.17, 15) is 4.79 Å². The van der Waals surface area contributed by atoms with E-state index in [-0.39, 0.29) is 6.61 Å². The van der Waals surface area contributed by atoms with E-state index in [0.717, 1.165) is 11.3 Å². The summed E-state index contributed by atoms with van der Waals surface area (Å²) in [5, 5.41) is 9.12. The maximum Gasteiger partial charge on any atom is 0.349 e. The summed E-state index contributed by atoms with van der Waals surface area (Å²) < 4.78 is 4.44. The van der Waals surface area contributed by atoms with Crippen molar-refractivity contribution in [2.75, 3.05) is 7.11 Å². The summed E-state index contributed by atoms with van der Waals surface area (Å²) in [6, 6.07) is 0. The number of aliphatic hydroxyl groups excluding tert-OH is 1. The van der Waals surface area contributed by atoms with E-state index in [0.29, 0.717) is 9.88 Å². The molecule has 0 aliphatic carbocycles. The first-order chi connectivity index (χ1) is 5.27. The molecule has 0 radical (unpaired) electrons. The summed E-state index contributed by atoms with van der Waals surface area (Å²) in [5.74, 6) is -0.415. The average Bonchev–Trinajstić information content (AvgIpc) is 2.50. The molecule has 0 aliphatic rings. The number of thiazole rings is 1.